The van der Waals surface area contributed by atoms with E-state index in [-0.39, 0.29) is 11.9 Å². The lowest BCUT2D eigenvalue weighted by atomic mass is 10.0. The van der Waals surface area contributed by atoms with E-state index in [0.717, 1.165) is 11.3 Å². The third kappa shape index (κ3) is 4.15. The topological polar surface area (TPSA) is 98.2 Å². The molecule has 1 N–H and O–H groups in total. The van der Waals surface area contributed by atoms with Crippen LogP contribution in [0.25, 0.3) is 0 Å². The van der Waals surface area contributed by atoms with Crippen molar-refractivity contribution in [2.24, 2.45) is 7.05 Å². The molecule has 10 heteroatoms. The van der Waals surface area contributed by atoms with Gasteiger partial charge in [0, 0.05) is 50.4 Å². The molecule has 2 aliphatic rings. The lowest BCUT2D eigenvalue weighted by molar-refractivity contribution is 0.0297. The van der Waals surface area contributed by atoms with Gasteiger partial charge in [0.15, 0.2) is 5.69 Å². The monoisotopic (exact) mass is 429 g/mol. The molecule has 0 saturated carbocycles. The Morgan fingerprint density at radius 1 is 1.10 bits per heavy atom. The van der Waals surface area contributed by atoms with E-state index in [4.69, 9.17) is 14.2 Å². The Kier molecular flexibility index (Phi) is 5.99. The summed E-state index contributed by atoms with van der Waals surface area (Å²) in [5, 5.41) is 7.38. The first-order valence-electron chi connectivity index (χ1n) is 10.2. The summed E-state index contributed by atoms with van der Waals surface area (Å²) >= 11 is 0. The summed E-state index contributed by atoms with van der Waals surface area (Å²) in [7, 11) is 4.95. The van der Waals surface area contributed by atoms with Crippen LogP contribution in [0.1, 0.15) is 21.7 Å². The van der Waals surface area contributed by atoms with Crippen molar-refractivity contribution in [3.63, 3.8) is 0 Å². The molecule has 0 atom stereocenters. The fraction of sp³-hybridized carbons (Fsp3) is 0.476. The Balaban J connectivity index is 1.53. The molecule has 0 radical (unpaired) electrons. The van der Waals surface area contributed by atoms with Crippen molar-refractivity contribution in [3.05, 3.63) is 35.2 Å². The number of aryl methyl sites for hydroxylation is 1. The van der Waals surface area contributed by atoms with E-state index < -0.39 is 0 Å². The molecule has 1 aromatic heterocycles. The van der Waals surface area contributed by atoms with Crippen molar-refractivity contribution < 1.29 is 23.8 Å². The number of methoxy groups -OCH3 is 2. The Hall–Kier alpha value is -3.27. The summed E-state index contributed by atoms with van der Waals surface area (Å²) in [6.45, 7) is 2.98. The van der Waals surface area contributed by atoms with Crippen molar-refractivity contribution in [1.29, 1.82) is 0 Å². The number of anilines is 1. The number of hydrogen-bond donors (Lipinski definition) is 1. The number of aromatic nitrogens is 2. The molecule has 166 valence electrons. The minimum absolute atomic E-state index is 0.114. The molecule has 0 aliphatic carbocycles. The minimum Gasteiger partial charge on any atom is -0.497 e. The number of nitrogens with one attached hydrogen (secondary N) is 1. The van der Waals surface area contributed by atoms with Gasteiger partial charge in [-0.25, -0.2) is 4.79 Å². The number of urea groups is 1. The number of amides is 3. The molecule has 1 fully saturated rings. The Morgan fingerprint density at radius 3 is 2.58 bits per heavy atom. The van der Waals surface area contributed by atoms with E-state index in [2.05, 4.69) is 10.4 Å². The molecule has 31 heavy (non-hydrogen) atoms. The largest absolute Gasteiger partial charge is 0.497 e. The normalized spacial score (nSPS) is 16.0. The quantitative estimate of drug-likeness (QED) is 0.791. The average Bonchev–Trinajstić information content (AvgIpc) is 3.14. The van der Waals surface area contributed by atoms with Gasteiger partial charge >= 0.3 is 6.03 Å². The third-order valence-electron chi connectivity index (χ3n) is 5.68. The molecule has 3 heterocycles. The van der Waals surface area contributed by atoms with Crippen LogP contribution in [0.4, 0.5) is 10.5 Å². The first-order chi connectivity index (χ1) is 15.0. The second-order valence-electron chi connectivity index (χ2n) is 7.47. The smallest absolute Gasteiger partial charge is 0.322 e. The molecule has 1 saturated heterocycles. The van der Waals surface area contributed by atoms with Gasteiger partial charge in [-0.3, -0.25) is 9.48 Å². The highest BCUT2D eigenvalue weighted by Crippen LogP contribution is 2.30. The van der Waals surface area contributed by atoms with Crippen molar-refractivity contribution in [1.82, 2.24) is 19.6 Å². The second kappa shape index (κ2) is 8.84. The van der Waals surface area contributed by atoms with Crippen LogP contribution in [-0.2, 0) is 24.8 Å². The zero-order valence-corrected chi connectivity index (χ0v) is 18.0. The highest BCUT2D eigenvalue weighted by molar-refractivity contribution is 5.95. The van der Waals surface area contributed by atoms with Crippen LogP contribution in [0.2, 0.25) is 0 Å². The standard InChI is InChI=1S/C21H27N5O5/c1-24-17-6-7-26(21(28)22-16-12-14(29-2)4-5-18(16)30-3)13-15(17)19(23-24)20(27)25-8-10-31-11-9-25/h4-5,12H,6-11,13H2,1-3H3,(H,22,28). The SMILES string of the molecule is COc1ccc(OC)c(NC(=O)N2CCc3c(c(C(=O)N4CCOCC4)nn3C)C2)c1. The number of rotatable bonds is 4. The molecule has 2 aliphatic heterocycles. The number of carbonyl (C=O) groups is 2. The number of hydrogen-bond acceptors (Lipinski definition) is 6. The third-order valence-corrected chi connectivity index (χ3v) is 5.68. The lowest BCUT2D eigenvalue weighted by Crippen LogP contribution is -2.42. The van der Waals surface area contributed by atoms with Crippen molar-refractivity contribution in [2.75, 3.05) is 52.4 Å². The maximum atomic E-state index is 13.1. The van der Waals surface area contributed by atoms with Crippen LogP contribution in [0.5, 0.6) is 11.5 Å². The molecule has 0 bridgehead atoms. The maximum absolute atomic E-state index is 13.1. The number of carbonyl (C=O) groups excluding carboxylic acids is 2. The Labute approximate surface area is 180 Å². The molecule has 10 nitrogen and oxygen atoms in total. The van der Waals surface area contributed by atoms with Gasteiger partial charge in [0.1, 0.15) is 11.5 Å². The summed E-state index contributed by atoms with van der Waals surface area (Å²) < 4.78 is 17.7. The van der Waals surface area contributed by atoms with Crippen LogP contribution in [0.15, 0.2) is 18.2 Å². The molecule has 0 unspecified atom stereocenters. The van der Waals surface area contributed by atoms with Gasteiger partial charge in [0.25, 0.3) is 5.91 Å². The summed E-state index contributed by atoms with van der Waals surface area (Å²) in [5.41, 5.74) is 2.72. The van der Waals surface area contributed by atoms with E-state index >= 15 is 0 Å². The van der Waals surface area contributed by atoms with Crippen LogP contribution in [-0.4, -0.2) is 78.6 Å². The van der Waals surface area contributed by atoms with Crippen molar-refractivity contribution in [2.45, 2.75) is 13.0 Å². The van der Waals surface area contributed by atoms with E-state index in [0.29, 0.717) is 68.7 Å². The van der Waals surface area contributed by atoms with E-state index in [1.165, 1.54) is 0 Å². The van der Waals surface area contributed by atoms with Crippen LogP contribution >= 0.6 is 0 Å². The summed E-state index contributed by atoms with van der Waals surface area (Å²) in [4.78, 5) is 29.5. The highest BCUT2D eigenvalue weighted by Gasteiger charge is 2.32. The molecular formula is C21H27N5O5. The van der Waals surface area contributed by atoms with E-state index in [9.17, 15) is 9.59 Å². The van der Waals surface area contributed by atoms with Gasteiger partial charge in [-0.05, 0) is 12.1 Å². The summed E-state index contributed by atoms with van der Waals surface area (Å²) in [6, 6.07) is 4.94. The van der Waals surface area contributed by atoms with Gasteiger partial charge in [0.2, 0.25) is 0 Å². The Morgan fingerprint density at radius 2 is 1.87 bits per heavy atom. The second-order valence-corrected chi connectivity index (χ2v) is 7.47. The lowest BCUT2D eigenvalue weighted by Gasteiger charge is -2.29. The molecule has 1 aromatic carbocycles. The van der Waals surface area contributed by atoms with Gasteiger partial charge < -0.3 is 29.3 Å². The zero-order chi connectivity index (χ0) is 22.0. The number of morpholine rings is 1. The van der Waals surface area contributed by atoms with Crippen molar-refractivity contribution >= 4 is 17.6 Å². The predicted octanol–water partition coefficient (Wildman–Crippen LogP) is 1.50. The number of nitrogens with zero attached hydrogens (tertiary/aromatic N) is 4. The predicted molar refractivity (Wildman–Crippen MR) is 113 cm³/mol. The number of benzene rings is 1. The maximum Gasteiger partial charge on any atom is 0.322 e. The molecule has 0 spiro atoms. The zero-order valence-electron chi connectivity index (χ0n) is 18.0. The van der Waals surface area contributed by atoms with Crippen LogP contribution in [0, 0.1) is 0 Å². The van der Waals surface area contributed by atoms with Gasteiger partial charge in [-0.1, -0.05) is 0 Å². The average molecular weight is 429 g/mol. The van der Waals surface area contributed by atoms with E-state index in [1.54, 1.807) is 46.9 Å². The molecule has 2 aromatic rings. The minimum atomic E-state index is -0.272. The highest BCUT2D eigenvalue weighted by atomic mass is 16.5. The van der Waals surface area contributed by atoms with Gasteiger partial charge in [0.05, 0.1) is 39.7 Å². The van der Waals surface area contributed by atoms with Gasteiger partial charge in [-0.15, -0.1) is 0 Å². The van der Waals surface area contributed by atoms with Crippen LogP contribution < -0.4 is 14.8 Å². The number of fused-ring (bicyclic) bond motifs is 1. The first kappa shape index (κ1) is 21.0. The summed E-state index contributed by atoms with van der Waals surface area (Å²) in [6.07, 6.45) is 0.623. The molecule has 4 rings (SSSR count). The fourth-order valence-electron chi connectivity index (χ4n) is 3.96. The van der Waals surface area contributed by atoms with Crippen LogP contribution in [0.3, 0.4) is 0 Å². The van der Waals surface area contributed by atoms with Crippen molar-refractivity contribution in [3.8, 4) is 11.5 Å². The molecule has 3 amide bonds. The Bertz CT molecular complexity index is 983. The molecular weight excluding hydrogens is 402 g/mol. The first-order valence-corrected chi connectivity index (χ1v) is 10.2. The fourth-order valence-corrected chi connectivity index (χ4v) is 3.96. The van der Waals surface area contributed by atoms with Gasteiger partial charge in [-0.2, -0.15) is 5.10 Å². The summed E-state index contributed by atoms with van der Waals surface area (Å²) in [5.74, 6) is 1.04. The number of ether oxygens (including phenoxy) is 3. The van der Waals surface area contributed by atoms with E-state index in [1.807, 2.05) is 7.05 Å².